The van der Waals surface area contributed by atoms with Gasteiger partial charge in [-0.05, 0) is 35.9 Å². The highest BCUT2D eigenvalue weighted by atomic mass is 16.5. The van der Waals surface area contributed by atoms with Crippen molar-refractivity contribution >= 4 is 17.6 Å². The minimum absolute atomic E-state index is 0.212. The molecule has 22 heavy (non-hydrogen) atoms. The lowest BCUT2D eigenvalue weighted by Crippen LogP contribution is -2.33. The SMILES string of the molecule is COC(=O)C1c2ccccc2C(=O)N1c1ccc(OC)cc1. The summed E-state index contributed by atoms with van der Waals surface area (Å²) in [6.07, 6.45) is 0. The van der Waals surface area contributed by atoms with Gasteiger partial charge in [0.1, 0.15) is 5.75 Å². The number of hydrogen-bond donors (Lipinski definition) is 0. The second-order valence-corrected chi connectivity index (χ2v) is 4.89. The Morgan fingerprint density at radius 3 is 2.36 bits per heavy atom. The third-order valence-corrected chi connectivity index (χ3v) is 3.74. The van der Waals surface area contributed by atoms with Crippen molar-refractivity contribution in [2.24, 2.45) is 0 Å². The highest BCUT2D eigenvalue weighted by molar-refractivity contribution is 6.15. The number of anilines is 1. The number of ether oxygens (including phenoxy) is 2. The summed E-state index contributed by atoms with van der Waals surface area (Å²) in [5.41, 5.74) is 1.81. The highest BCUT2D eigenvalue weighted by Crippen LogP contribution is 2.38. The molecular formula is C17H15NO4. The lowest BCUT2D eigenvalue weighted by Gasteiger charge is -2.23. The van der Waals surface area contributed by atoms with Crippen LogP contribution in [0.25, 0.3) is 0 Å². The number of rotatable bonds is 3. The normalized spacial score (nSPS) is 16.4. The van der Waals surface area contributed by atoms with Gasteiger partial charge in [-0.15, -0.1) is 0 Å². The number of amides is 1. The molecule has 0 aliphatic carbocycles. The Morgan fingerprint density at radius 1 is 1.05 bits per heavy atom. The molecule has 0 saturated heterocycles. The quantitative estimate of drug-likeness (QED) is 0.817. The molecule has 1 amide bonds. The van der Waals surface area contributed by atoms with Crippen LogP contribution in [-0.2, 0) is 9.53 Å². The first kappa shape index (κ1) is 14.1. The van der Waals surface area contributed by atoms with Gasteiger partial charge in [0.05, 0.1) is 14.2 Å². The number of fused-ring (bicyclic) bond motifs is 1. The zero-order valence-electron chi connectivity index (χ0n) is 12.3. The van der Waals surface area contributed by atoms with Gasteiger partial charge in [0.15, 0.2) is 6.04 Å². The van der Waals surface area contributed by atoms with Crippen molar-refractivity contribution in [1.29, 1.82) is 0 Å². The molecule has 0 radical (unpaired) electrons. The number of benzene rings is 2. The molecule has 0 saturated carbocycles. The van der Waals surface area contributed by atoms with Crippen LogP contribution in [0.4, 0.5) is 5.69 Å². The fraction of sp³-hybridized carbons (Fsp3) is 0.176. The summed E-state index contributed by atoms with van der Waals surface area (Å²) in [6, 6.07) is 13.3. The summed E-state index contributed by atoms with van der Waals surface area (Å²) >= 11 is 0. The minimum Gasteiger partial charge on any atom is -0.497 e. The average Bonchev–Trinajstić information content (AvgIpc) is 2.87. The Morgan fingerprint density at radius 2 is 1.73 bits per heavy atom. The molecule has 2 aromatic rings. The molecule has 3 rings (SSSR count). The summed E-state index contributed by atoms with van der Waals surface area (Å²) in [6.45, 7) is 0. The van der Waals surface area contributed by atoms with Crippen LogP contribution >= 0.6 is 0 Å². The smallest absolute Gasteiger partial charge is 0.333 e. The number of hydrogen-bond acceptors (Lipinski definition) is 4. The van der Waals surface area contributed by atoms with Crippen LogP contribution < -0.4 is 9.64 Å². The van der Waals surface area contributed by atoms with Gasteiger partial charge >= 0.3 is 5.97 Å². The second kappa shape index (κ2) is 5.52. The van der Waals surface area contributed by atoms with E-state index in [2.05, 4.69) is 0 Å². The lowest BCUT2D eigenvalue weighted by atomic mass is 10.0. The third kappa shape index (κ3) is 2.11. The molecule has 0 N–H and O–H groups in total. The molecule has 1 aliphatic rings. The lowest BCUT2D eigenvalue weighted by molar-refractivity contribution is -0.142. The Kier molecular flexibility index (Phi) is 3.55. The zero-order valence-corrected chi connectivity index (χ0v) is 12.3. The van der Waals surface area contributed by atoms with Gasteiger partial charge in [0.2, 0.25) is 0 Å². The van der Waals surface area contributed by atoms with Gasteiger partial charge in [0.25, 0.3) is 5.91 Å². The van der Waals surface area contributed by atoms with Crippen LogP contribution in [0.5, 0.6) is 5.75 Å². The van der Waals surface area contributed by atoms with E-state index in [4.69, 9.17) is 9.47 Å². The average molecular weight is 297 g/mol. The molecule has 1 aliphatic heterocycles. The van der Waals surface area contributed by atoms with Gasteiger partial charge in [-0.25, -0.2) is 4.79 Å². The predicted octanol–water partition coefficient (Wildman–Crippen LogP) is 2.57. The zero-order chi connectivity index (χ0) is 15.7. The van der Waals surface area contributed by atoms with Gasteiger partial charge in [-0.3, -0.25) is 9.69 Å². The largest absolute Gasteiger partial charge is 0.497 e. The summed E-state index contributed by atoms with van der Waals surface area (Å²) < 4.78 is 10.00. The van der Waals surface area contributed by atoms with Crippen LogP contribution in [0.2, 0.25) is 0 Å². The van der Waals surface area contributed by atoms with Crippen LogP contribution in [0, 0.1) is 0 Å². The third-order valence-electron chi connectivity index (χ3n) is 3.74. The molecule has 2 aromatic carbocycles. The molecule has 5 nitrogen and oxygen atoms in total. The van der Waals surface area contributed by atoms with Crippen molar-refractivity contribution in [3.63, 3.8) is 0 Å². The van der Waals surface area contributed by atoms with Gasteiger partial charge in [-0.2, -0.15) is 0 Å². The monoisotopic (exact) mass is 297 g/mol. The maximum atomic E-state index is 12.7. The maximum Gasteiger partial charge on any atom is 0.333 e. The van der Waals surface area contributed by atoms with Crippen LogP contribution in [0.15, 0.2) is 48.5 Å². The van der Waals surface area contributed by atoms with E-state index in [1.165, 1.54) is 12.0 Å². The molecule has 1 heterocycles. The van der Waals surface area contributed by atoms with E-state index in [1.807, 2.05) is 0 Å². The Labute approximate surface area is 128 Å². The number of esters is 1. The van der Waals surface area contributed by atoms with E-state index in [9.17, 15) is 9.59 Å². The summed E-state index contributed by atoms with van der Waals surface area (Å²) in [5.74, 6) is 0.00723. The van der Waals surface area contributed by atoms with E-state index in [0.717, 1.165) is 0 Å². The van der Waals surface area contributed by atoms with Crippen LogP contribution in [0.1, 0.15) is 22.0 Å². The van der Waals surface area contributed by atoms with Crippen molar-refractivity contribution in [1.82, 2.24) is 0 Å². The second-order valence-electron chi connectivity index (χ2n) is 4.89. The predicted molar refractivity (Wildman–Crippen MR) is 81.0 cm³/mol. The number of methoxy groups -OCH3 is 2. The molecular weight excluding hydrogens is 282 g/mol. The Bertz CT molecular complexity index is 724. The van der Waals surface area contributed by atoms with Crippen LogP contribution in [0.3, 0.4) is 0 Å². The highest BCUT2D eigenvalue weighted by Gasteiger charge is 2.42. The molecule has 0 bridgehead atoms. The van der Waals surface area contributed by atoms with Crippen LogP contribution in [-0.4, -0.2) is 26.1 Å². The Hall–Kier alpha value is -2.82. The first-order valence-electron chi connectivity index (χ1n) is 6.81. The Balaban J connectivity index is 2.09. The van der Waals surface area contributed by atoms with Gasteiger partial charge < -0.3 is 9.47 Å². The van der Waals surface area contributed by atoms with Crippen molar-refractivity contribution in [3.05, 3.63) is 59.7 Å². The summed E-state index contributed by atoms with van der Waals surface area (Å²) in [5, 5.41) is 0. The number of carbonyl (C=O) groups excluding carboxylic acids is 2. The van der Waals surface area contributed by atoms with E-state index in [0.29, 0.717) is 22.6 Å². The van der Waals surface area contributed by atoms with Crippen molar-refractivity contribution < 1.29 is 19.1 Å². The molecule has 0 spiro atoms. The maximum absolute atomic E-state index is 12.7. The first-order valence-corrected chi connectivity index (χ1v) is 6.81. The number of carbonyl (C=O) groups is 2. The van der Waals surface area contributed by atoms with Crippen molar-refractivity contribution in [2.45, 2.75) is 6.04 Å². The molecule has 0 aromatic heterocycles. The van der Waals surface area contributed by atoms with E-state index < -0.39 is 12.0 Å². The van der Waals surface area contributed by atoms with E-state index >= 15 is 0 Å². The van der Waals surface area contributed by atoms with Crippen molar-refractivity contribution in [3.8, 4) is 5.75 Å². The van der Waals surface area contributed by atoms with Gasteiger partial charge in [-0.1, -0.05) is 18.2 Å². The molecule has 112 valence electrons. The number of nitrogens with zero attached hydrogens (tertiary/aromatic N) is 1. The van der Waals surface area contributed by atoms with Crippen molar-refractivity contribution in [2.75, 3.05) is 19.1 Å². The fourth-order valence-electron chi connectivity index (χ4n) is 2.67. The van der Waals surface area contributed by atoms with E-state index in [-0.39, 0.29) is 5.91 Å². The molecule has 0 fully saturated rings. The summed E-state index contributed by atoms with van der Waals surface area (Å²) in [4.78, 5) is 26.3. The van der Waals surface area contributed by atoms with E-state index in [1.54, 1.807) is 55.6 Å². The fourth-order valence-corrected chi connectivity index (χ4v) is 2.67. The molecule has 1 unspecified atom stereocenters. The standard InChI is InChI=1S/C17H15NO4/c1-21-12-9-7-11(8-10-12)18-15(17(20)22-2)13-5-3-4-6-14(13)16(18)19/h3-10,15H,1-2H3. The minimum atomic E-state index is -0.762. The topological polar surface area (TPSA) is 55.8 Å². The summed E-state index contributed by atoms with van der Waals surface area (Å²) in [7, 11) is 2.89. The first-order chi connectivity index (χ1) is 10.7. The molecule has 5 heteroatoms. The molecule has 1 atom stereocenters. The van der Waals surface area contributed by atoms with Gasteiger partial charge in [0, 0.05) is 11.3 Å².